The van der Waals surface area contributed by atoms with Crippen molar-refractivity contribution in [1.82, 2.24) is 10.3 Å². The maximum atomic E-state index is 11.3. The molecule has 0 aliphatic carbocycles. The first-order valence-electron chi connectivity index (χ1n) is 7.00. The molecule has 5 heteroatoms. The van der Waals surface area contributed by atoms with E-state index in [-0.39, 0.29) is 0 Å². The average Bonchev–Trinajstić information content (AvgIpc) is 2.80. The summed E-state index contributed by atoms with van der Waals surface area (Å²) < 4.78 is 4.83. The largest absolute Gasteiger partial charge is 0.450 e. The molecule has 21 heavy (non-hydrogen) atoms. The molecular formula is C16H20N2O2S. The zero-order valence-corrected chi connectivity index (χ0v) is 13.4. The molecule has 1 aromatic carbocycles. The Morgan fingerprint density at radius 3 is 2.67 bits per heavy atom. The quantitative estimate of drug-likeness (QED) is 0.918. The van der Waals surface area contributed by atoms with Crippen molar-refractivity contribution in [3.8, 4) is 0 Å². The van der Waals surface area contributed by atoms with Crippen LogP contribution in [0.1, 0.15) is 33.6 Å². The van der Waals surface area contributed by atoms with Gasteiger partial charge < -0.3 is 10.1 Å². The van der Waals surface area contributed by atoms with Gasteiger partial charge in [-0.2, -0.15) is 0 Å². The Labute approximate surface area is 129 Å². The molecule has 2 rings (SSSR count). The van der Waals surface area contributed by atoms with Gasteiger partial charge in [-0.15, -0.1) is 11.3 Å². The van der Waals surface area contributed by atoms with Crippen LogP contribution in [0.5, 0.6) is 0 Å². The Morgan fingerprint density at radius 1 is 1.29 bits per heavy atom. The summed E-state index contributed by atoms with van der Waals surface area (Å²) in [6, 6.07) is 8.53. The summed E-state index contributed by atoms with van der Waals surface area (Å²) in [5.41, 5.74) is 3.57. The summed E-state index contributed by atoms with van der Waals surface area (Å²) in [5.74, 6) is 0. The lowest BCUT2D eigenvalue weighted by Gasteiger charge is -2.02. The van der Waals surface area contributed by atoms with Crippen LogP contribution in [-0.4, -0.2) is 17.7 Å². The van der Waals surface area contributed by atoms with E-state index in [0.717, 1.165) is 17.1 Å². The third kappa shape index (κ3) is 4.56. The topological polar surface area (TPSA) is 51.2 Å². The summed E-state index contributed by atoms with van der Waals surface area (Å²) in [6.45, 7) is 6.67. The number of hydrogen-bond acceptors (Lipinski definition) is 4. The number of rotatable bonds is 5. The minimum atomic E-state index is -0.398. The van der Waals surface area contributed by atoms with Crippen molar-refractivity contribution in [2.24, 2.45) is 0 Å². The van der Waals surface area contributed by atoms with E-state index < -0.39 is 6.09 Å². The van der Waals surface area contributed by atoms with E-state index in [9.17, 15) is 4.79 Å². The highest BCUT2D eigenvalue weighted by atomic mass is 32.1. The molecule has 0 aliphatic rings. The van der Waals surface area contributed by atoms with Crippen LogP contribution in [0.25, 0.3) is 0 Å². The Hall–Kier alpha value is -1.88. The van der Waals surface area contributed by atoms with E-state index in [1.807, 2.05) is 6.92 Å². The second-order valence-corrected chi connectivity index (χ2v) is 6.02. The van der Waals surface area contributed by atoms with E-state index in [2.05, 4.69) is 41.5 Å². The SMILES string of the molecule is CCOC(=O)NCc1nc(C)c(Cc2ccc(C)cc2)s1. The van der Waals surface area contributed by atoms with E-state index in [1.165, 1.54) is 16.0 Å². The first-order valence-corrected chi connectivity index (χ1v) is 7.81. The van der Waals surface area contributed by atoms with Crippen molar-refractivity contribution in [2.45, 2.75) is 33.7 Å². The minimum absolute atomic E-state index is 0.376. The van der Waals surface area contributed by atoms with Gasteiger partial charge in [-0.05, 0) is 26.3 Å². The highest BCUT2D eigenvalue weighted by molar-refractivity contribution is 7.11. The van der Waals surface area contributed by atoms with Crippen LogP contribution < -0.4 is 5.32 Å². The van der Waals surface area contributed by atoms with Gasteiger partial charge in [0.2, 0.25) is 0 Å². The number of benzene rings is 1. The smallest absolute Gasteiger partial charge is 0.407 e. The van der Waals surface area contributed by atoms with Gasteiger partial charge in [-0.1, -0.05) is 29.8 Å². The van der Waals surface area contributed by atoms with Crippen molar-refractivity contribution in [2.75, 3.05) is 6.61 Å². The van der Waals surface area contributed by atoms with Gasteiger partial charge in [0, 0.05) is 11.3 Å². The number of hydrogen-bond donors (Lipinski definition) is 1. The van der Waals surface area contributed by atoms with Crippen molar-refractivity contribution < 1.29 is 9.53 Å². The number of aryl methyl sites for hydroxylation is 2. The van der Waals surface area contributed by atoms with Crippen molar-refractivity contribution >= 4 is 17.4 Å². The van der Waals surface area contributed by atoms with E-state index >= 15 is 0 Å². The Kier molecular flexibility index (Phi) is 5.33. The number of carbonyl (C=O) groups excluding carboxylic acids is 1. The maximum absolute atomic E-state index is 11.3. The molecule has 0 atom stereocenters. The first kappa shape index (κ1) is 15.5. The zero-order chi connectivity index (χ0) is 15.2. The second kappa shape index (κ2) is 7.22. The van der Waals surface area contributed by atoms with Crippen molar-refractivity contribution in [1.29, 1.82) is 0 Å². The summed E-state index contributed by atoms with van der Waals surface area (Å²) in [4.78, 5) is 17.0. The van der Waals surface area contributed by atoms with Gasteiger partial charge >= 0.3 is 6.09 Å². The molecule has 1 amide bonds. The van der Waals surface area contributed by atoms with Gasteiger partial charge in [0.15, 0.2) is 0 Å². The highest BCUT2D eigenvalue weighted by Gasteiger charge is 2.09. The third-order valence-electron chi connectivity index (χ3n) is 3.08. The lowest BCUT2D eigenvalue weighted by atomic mass is 10.1. The van der Waals surface area contributed by atoms with Gasteiger partial charge in [0.1, 0.15) is 5.01 Å². The molecule has 0 fully saturated rings. The number of aromatic nitrogens is 1. The van der Waals surface area contributed by atoms with Crippen LogP contribution in [0, 0.1) is 13.8 Å². The number of ether oxygens (including phenoxy) is 1. The number of amides is 1. The monoisotopic (exact) mass is 304 g/mol. The molecular weight excluding hydrogens is 284 g/mol. The lowest BCUT2D eigenvalue weighted by Crippen LogP contribution is -2.23. The first-order chi connectivity index (χ1) is 10.1. The van der Waals surface area contributed by atoms with E-state index in [1.54, 1.807) is 18.3 Å². The molecule has 0 radical (unpaired) electrons. The minimum Gasteiger partial charge on any atom is -0.450 e. The molecule has 1 N–H and O–H groups in total. The van der Waals surface area contributed by atoms with Crippen LogP contribution in [0.4, 0.5) is 4.79 Å². The summed E-state index contributed by atoms with van der Waals surface area (Å²) in [5, 5.41) is 3.60. The van der Waals surface area contributed by atoms with Gasteiger partial charge in [-0.3, -0.25) is 0 Å². The molecule has 4 nitrogen and oxygen atoms in total. The highest BCUT2D eigenvalue weighted by Crippen LogP contribution is 2.21. The summed E-state index contributed by atoms with van der Waals surface area (Å²) in [6.07, 6.45) is 0.480. The fourth-order valence-electron chi connectivity index (χ4n) is 1.95. The van der Waals surface area contributed by atoms with Crippen LogP contribution in [0.2, 0.25) is 0 Å². The molecule has 1 heterocycles. The molecule has 0 saturated carbocycles. The fourth-order valence-corrected chi connectivity index (χ4v) is 2.99. The Bertz CT molecular complexity index is 605. The molecule has 1 aromatic heterocycles. The summed E-state index contributed by atoms with van der Waals surface area (Å²) >= 11 is 1.64. The van der Waals surface area contributed by atoms with Crippen LogP contribution >= 0.6 is 11.3 Å². The normalized spacial score (nSPS) is 10.4. The van der Waals surface area contributed by atoms with Crippen LogP contribution in [-0.2, 0) is 17.7 Å². The molecule has 0 saturated heterocycles. The van der Waals surface area contributed by atoms with Gasteiger partial charge in [0.05, 0.1) is 18.8 Å². The third-order valence-corrected chi connectivity index (χ3v) is 4.24. The zero-order valence-electron chi connectivity index (χ0n) is 12.6. The van der Waals surface area contributed by atoms with Crippen LogP contribution in [0.3, 0.4) is 0 Å². The number of nitrogens with one attached hydrogen (secondary N) is 1. The van der Waals surface area contributed by atoms with Gasteiger partial charge in [0.25, 0.3) is 0 Å². The molecule has 112 valence electrons. The van der Waals surface area contributed by atoms with Crippen molar-refractivity contribution in [3.63, 3.8) is 0 Å². The fraction of sp³-hybridized carbons (Fsp3) is 0.375. The van der Waals surface area contributed by atoms with Crippen LogP contribution in [0.15, 0.2) is 24.3 Å². The number of thiazole rings is 1. The molecule has 0 aliphatic heterocycles. The number of carbonyl (C=O) groups is 1. The average molecular weight is 304 g/mol. The molecule has 0 spiro atoms. The number of alkyl carbamates (subject to hydrolysis) is 1. The molecule has 0 bridgehead atoms. The van der Waals surface area contributed by atoms with E-state index in [4.69, 9.17) is 4.74 Å². The summed E-state index contributed by atoms with van der Waals surface area (Å²) in [7, 11) is 0. The van der Waals surface area contributed by atoms with Crippen molar-refractivity contribution in [3.05, 3.63) is 51.0 Å². The molecule has 2 aromatic rings. The Balaban J connectivity index is 1.98. The standard InChI is InChI=1S/C16H20N2O2S/c1-4-20-16(19)17-10-15-18-12(3)14(21-15)9-13-7-5-11(2)6-8-13/h5-8H,4,9-10H2,1-3H3,(H,17,19). The second-order valence-electron chi connectivity index (χ2n) is 4.85. The predicted molar refractivity (Wildman–Crippen MR) is 84.7 cm³/mol. The maximum Gasteiger partial charge on any atom is 0.407 e. The Morgan fingerprint density at radius 2 is 2.00 bits per heavy atom. The number of nitrogens with zero attached hydrogens (tertiary/aromatic N) is 1. The lowest BCUT2D eigenvalue weighted by molar-refractivity contribution is 0.151. The van der Waals surface area contributed by atoms with E-state index in [0.29, 0.717) is 13.2 Å². The predicted octanol–water partition coefficient (Wildman–Crippen LogP) is 3.60. The molecule has 0 unspecified atom stereocenters. The van der Waals surface area contributed by atoms with Gasteiger partial charge in [-0.25, -0.2) is 9.78 Å².